The molecule has 0 spiro atoms. The minimum absolute atomic E-state index is 0.0631. The highest BCUT2D eigenvalue weighted by Gasteiger charge is 2.40. The van der Waals surface area contributed by atoms with Gasteiger partial charge in [0.2, 0.25) is 22.8 Å². The van der Waals surface area contributed by atoms with Gasteiger partial charge in [-0.25, -0.2) is 0 Å². The van der Waals surface area contributed by atoms with Gasteiger partial charge >= 0.3 is 0 Å². The standard InChI is InChI=1S/C42H49N5O6S2/c1-43-38(49)35(26-29-12-4-2-5-13-29)46-21-19-31(30-14-6-3-7-15-30)27-34(42(46)53)44-39(50)36(55-37(48)28-45-22-24-54-25-23-45)18-10-11-20-47-40(51)32-16-8-9-17-33(32)41(47)52/h2-9,12-17,31,34-36H,10-11,18-28H2,1H3,(H,43,49)(H,44,50). The zero-order chi connectivity index (χ0) is 38.7. The van der Waals surface area contributed by atoms with E-state index >= 15 is 0 Å². The van der Waals surface area contributed by atoms with Gasteiger partial charge in [0.15, 0.2) is 0 Å². The van der Waals surface area contributed by atoms with E-state index in [1.54, 1.807) is 36.2 Å². The fraction of sp³-hybridized carbons (Fsp3) is 0.429. The second-order valence-electron chi connectivity index (χ2n) is 14.2. The Hall–Kier alpha value is -4.46. The van der Waals surface area contributed by atoms with Gasteiger partial charge in [0, 0.05) is 51.2 Å². The summed E-state index contributed by atoms with van der Waals surface area (Å²) in [6, 6.07) is 24.5. The van der Waals surface area contributed by atoms with Gasteiger partial charge in [0.05, 0.1) is 22.9 Å². The van der Waals surface area contributed by atoms with Gasteiger partial charge in [0.25, 0.3) is 11.8 Å². The molecule has 2 N–H and O–H groups in total. The molecule has 0 radical (unpaired) electrons. The number of rotatable bonds is 15. The van der Waals surface area contributed by atoms with E-state index in [9.17, 15) is 28.8 Å². The lowest BCUT2D eigenvalue weighted by Gasteiger charge is -2.32. The van der Waals surface area contributed by atoms with Crippen LogP contribution in [0.15, 0.2) is 84.9 Å². The first kappa shape index (κ1) is 40.2. The summed E-state index contributed by atoms with van der Waals surface area (Å²) in [7, 11) is 1.56. The Bertz CT molecular complexity index is 1800. The number of benzene rings is 3. The van der Waals surface area contributed by atoms with E-state index in [-0.39, 0.29) is 47.8 Å². The number of carbonyl (C=O) groups excluding carboxylic acids is 6. The molecule has 0 aliphatic carbocycles. The molecule has 290 valence electrons. The molecular formula is C42H49N5O6S2. The minimum atomic E-state index is -0.932. The maximum atomic E-state index is 14.6. The lowest BCUT2D eigenvalue weighted by Crippen LogP contribution is -2.56. The summed E-state index contributed by atoms with van der Waals surface area (Å²) in [6.07, 6.45) is 2.49. The number of likely N-dealkylation sites (tertiary alicyclic amines) is 1. The van der Waals surface area contributed by atoms with Crippen LogP contribution < -0.4 is 10.6 Å². The number of hydrogen-bond donors (Lipinski definition) is 2. The molecule has 2 saturated heterocycles. The molecule has 2 fully saturated rings. The summed E-state index contributed by atoms with van der Waals surface area (Å²) >= 11 is 2.85. The molecule has 3 aromatic carbocycles. The number of hydrogen-bond acceptors (Lipinski definition) is 9. The fourth-order valence-corrected chi connectivity index (χ4v) is 9.62. The van der Waals surface area contributed by atoms with Crippen molar-refractivity contribution >= 4 is 58.2 Å². The van der Waals surface area contributed by atoms with Gasteiger partial charge in [-0.05, 0) is 54.9 Å². The Morgan fingerprint density at radius 1 is 0.818 bits per heavy atom. The third kappa shape index (κ3) is 10.2. The Balaban J connectivity index is 1.19. The van der Waals surface area contributed by atoms with Crippen LogP contribution in [0.5, 0.6) is 0 Å². The van der Waals surface area contributed by atoms with Crippen molar-refractivity contribution in [3.63, 3.8) is 0 Å². The van der Waals surface area contributed by atoms with Crippen molar-refractivity contribution in [2.45, 2.75) is 61.8 Å². The Morgan fingerprint density at radius 3 is 2.11 bits per heavy atom. The van der Waals surface area contributed by atoms with Gasteiger partial charge in [-0.2, -0.15) is 11.8 Å². The van der Waals surface area contributed by atoms with Crippen LogP contribution in [-0.4, -0.2) is 118 Å². The van der Waals surface area contributed by atoms with Gasteiger partial charge in [-0.1, -0.05) is 91.0 Å². The summed E-state index contributed by atoms with van der Waals surface area (Å²) in [5.74, 6) is 0.146. The Morgan fingerprint density at radius 2 is 1.45 bits per heavy atom. The summed E-state index contributed by atoms with van der Waals surface area (Å²) in [5, 5.41) is 4.89. The number of fused-ring (bicyclic) bond motifs is 1. The Labute approximate surface area is 331 Å². The first-order valence-electron chi connectivity index (χ1n) is 19.1. The summed E-state index contributed by atoms with van der Waals surface area (Å²) in [5.41, 5.74) is 2.74. The zero-order valence-electron chi connectivity index (χ0n) is 31.2. The molecule has 55 heavy (non-hydrogen) atoms. The van der Waals surface area contributed by atoms with Crippen LogP contribution in [0.1, 0.15) is 69.9 Å². The summed E-state index contributed by atoms with van der Waals surface area (Å²) in [4.78, 5) is 86.6. The molecule has 4 atom stereocenters. The highest BCUT2D eigenvalue weighted by atomic mass is 32.2. The lowest BCUT2D eigenvalue weighted by molar-refractivity contribution is -0.142. The van der Waals surface area contributed by atoms with Gasteiger partial charge < -0.3 is 15.5 Å². The highest BCUT2D eigenvalue weighted by molar-refractivity contribution is 8.14. The molecule has 3 aromatic rings. The van der Waals surface area contributed by atoms with E-state index in [0.717, 1.165) is 47.5 Å². The SMILES string of the molecule is CNC(=O)C(Cc1ccccc1)N1CCC(c2ccccc2)CC(NC(=O)C(CCCCN2C(=O)c3ccccc3C2=O)SC(=O)CN2CCSCC2)C1=O. The largest absolute Gasteiger partial charge is 0.357 e. The van der Waals surface area contributed by atoms with Crippen molar-refractivity contribution in [1.82, 2.24) is 25.3 Å². The van der Waals surface area contributed by atoms with Crippen LogP contribution in [0.25, 0.3) is 0 Å². The van der Waals surface area contributed by atoms with E-state index in [0.29, 0.717) is 56.2 Å². The number of likely N-dealkylation sites (N-methyl/N-ethyl adjacent to an activating group) is 1. The molecule has 6 rings (SSSR count). The van der Waals surface area contributed by atoms with Crippen molar-refractivity contribution < 1.29 is 28.8 Å². The maximum absolute atomic E-state index is 14.6. The number of carbonyl (C=O) groups is 6. The average Bonchev–Trinajstić information content (AvgIpc) is 3.34. The van der Waals surface area contributed by atoms with Crippen LogP contribution in [0.2, 0.25) is 0 Å². The van der Waals surface area contributed by atoms with Crippen molar-refractivity contribution in [1.29, 1.82) is 0 Å². The van der Waals surface area contributed by atoms with Crippen molar-refractivity contribution in [3.8, 4) is 0 Å². The van der Waals surface area contributed by atoms with Crippen molar-refractivity contribution in [2.24, 2.45) is 0 Å². The molecule has 5 amide bonds. The van der Waals surface area contributed by atoms with E-state index in [4.69, 9.17) is 0 Å². The fourth-order valence-electron chi connectivity index (χ4n) is 7.60. The smallest absolute Gasteiger partial charge is 0.261 e. The quantitative estimate of drug-likeness (QED) is 0.170. The second-order valence-corrected chi connectivity index (χ2v) is 16.7. The van der Waals surface area contributed by atoms with E-state index in [1.807, 2.05) is 72.4 Å². The van der Waals surface area contributed by atoms with E-state index < -0.39 is 23.2 Å². The molecule has 13 heteroatoms. The van der Waals surface area contributed by atoms with E-state index in [1.165, 1.54) is 4.90 Å². The summed E-state index contributed by atoms with van der Waals surface area (Å²) < 4.78 is 0. The molecular weight excluding hydrogens is 735 g/mol. The predicted molar refractivity (Wildman–Crippen MR) is 216 cm³/mol. The van der Waals surface area contributed by atoms with Crippen LogP contribution >= 0.6 is 23.5 Å². The summed E-state index contributed by atoms with van der Waals surface area (Å²) in [6.45, 7) is 2.36. The molecule has 3 aliphatic rings. The van der Waals surface area contributed by atoms with Gasteiger partial charge in [-0.3, -0.25) is 38.6 Å². The predicted octanol–water partition coefficient (Wildman–Crippen LogP) is 4.38. The minimum Gasteiger partial charge on any atom is -0.357 e. The zero-order valence-corrected chi connectivity index (χ0v) is 32.8. The number of nitrogens with zero attached hydrogens (tertiary/aromatic N) is 3. The first-order valence-corrected chi connectivity index (χ1v) is 21.1. The molecule has 0 bridgehead atoms. The third-order valence-corrected chi connectivity index (χ3v) is 12.7. The first-order chi connectivity index (χ1) is 26.7. The monoisotopic (exact) mass is 783 g/mol. The van der Waals surface area contributed by atoms with Crippen molar-refractivity contribution in [2.75, 3.05) is 51.3 Å². The highest BCUT2D eigenvalue weighted by Crippen LogP contribution is 2.31. The molecule has 3 aliphatic heterocycles. The Kier molecular flexibility index (Phi) is 14.2. The molecule has 0 aromatic heterocycles. The van der Waals surface area contributed by atoms with E-state index in [2.05, 4.69) is 15.5 Å². The molecule has 0 saturated carbocycles. The van der Waals surface area contributed by atoms with Crippen molar-refractivity contribution in [3.05, 3.63) is 107 Å². The number of amides is 5. The maximum Gasteiger partial charge on any atom is 0.261 e. The second kappa shape index (κ2) is 19.4. The number of imide groups is 1. The van der Waals surface area contributed by atoms with Crippen LogP contribution in [-0.2, 0) is 25.6 Å². The number of unbranched alkanes of at least 4 members (excludes halogenated alkanes) is 1. The molecule has 11 nitrogen and oxygen atoms in total. The lowest BCUT2D eigenvalue weighted by atomic mass is 9.90. The van der Waals surface area contributed by atoms with Gasteiger partial charge in [0.1, 0.15) is 12.1 Å². The van der Waals surface area contributed by atoms with Gasteiger partial charge in [-0.15, -0.1) is 0 Å². The number of nitrogens with one attached hydrogen (secondary N) is 2. The topological polar surface area (TPSA) is 136 Å². The van der Waals surface area contributed by atoms with Crippen LogP contribution in [0, 0.1) is 0 Å². The number of thioether (sulfide) groups is 2. The third-order valence-electron chi connectivity index (χ3n) is 10.6. The van der Waals surface area contributed by atoms with Crippen LogP contribution in [0.3, 0.4) is 0 Å². The average molecular weight is 784 g/mol. The normalized spacial score (nSPS) is 20.1. The molecule has 4 unspecified atom stereocenters. The van der Waals surface area contributed by atoms with Crippen LogP contribution in [0.4, 0.5) is 0 Å². The molecule has 3 heterocycles.